The van der Waals surface area contributed by atoms with Gasteiger partial charge in [0, 0.05) is 13.0 Å². The van der Waals surface area contributed by atoms with Gasteiger partial charge >= 0.3 is 0 Å². The Kier molecular flexibility index (Phi) is 5.40. The third-order valence-corrected chi connectivity index (χ3v) is 2.21. The van der Waals surface area contributed by atoms with Crippen molar-refractivity contribution in [1.29, 1.82) is 0 Å². The standard InChI is InChI=1S/C13H19NO2/c1-3-9-16-12-7-5-11(6-8-12)10-14-13(15)4-2/h5-8H,3-4,9-10H2,1-2H3,(H,14,15). The molecule has 0 unspecified atom stereocenters. The van der Waals surface area contributed by atoms with Gasteiger partial charge in [-0.15, -0.1) is 0 Å². The number of hydrogen-bond acceptors (Lipinski definition) is 2. The van der Waals surface area contributed by atoms with E-state index in [0.29, 0.717) is 13.0 Å². The fraction of sp³-hybridized carbons (Fsp3) is 0.462. The van der Waals surface area contributed by atoms with Crippen LogP contribution in [0.1, 0.15) is 32.3 Å². The number of nitrogens with one attached hydrogen (secondary N) is 1. The van der Waals surface area contributed by atoms with Crippen LogP contribution in [0.3, 0.4) is 0 Å². The molecule has 0 aliphatic carbocycles. The van der Waals surface area contributed by atoms with Crippen molar-refractivity contribution >= 4 is 5.91 Å². The zero-order valence-electron chi connectivity index (χ0n) is 9.95. The van der Waals surface area contributed by atoms with Crippen LogP contribution in [0.15, 0.2) is 24.3 Å². The van der Waals surface area contributed by atoms with Gasteiger partial charge in [-0.3, -0.25) is 4.79 Å². The fourth-order valence-corrected chi connectivity index (χ4v) is 1.25. The summed E-state index contributed by atoms with van der Waals surface area (Å²) < 4.78 is 5.47. The SMILES string of the molecule is CCCOc1ccc(CNC(=O)CC)cc1. The van der Waals surface area contributed by atoms with Crippen LogP contribution >= 0.6 is 0 Å². The van der Waals surface area contributed by atoms with Crippen molar-refractivity contribution in [3.63, 3.8) is 0 Å². The third-order valence-electron chi connectivity index (χ3n) is 2.21. The Labute approximate surface area is 96.8 Å². The van der Waals surface area contributed by atoms with E-state index in [0.717, 1.165) is 24.3 Å². The summed E-state index contributed by atoms with van der Waals surface area (Å²) in [6, 6.07) is 7.81. The molecule has 0 radical (unpaired) electrons. The maximum absolute atomic E-state index is 11.1. The first-order valence-electron chi connectivity index (χ1n) is 5.74. The van der Waals surface area contributed by atoms with Crippen LogP contribution in [-0.2, 0) is 11.3 Å². The summed E-state index contributed by atoms with van der Waals surface area (Å²) in [6.45, 7) is 5.25. The monoisotopic (exact) mass is 221 g/mol. The first-order chi connectivity index (χ1) is 7.76. The molecule has 1 N–H and O–H groups in total. The van der Waals surface area contributed by atoms with Gasteiger partial charge in [0.1, 0.15) is 5.75 Å². The predicted octanol–water partition coefficient (Wildman–Crippen LogP) is 2.50. The first kappa shape index (κ1) is 12.6. The molecule has 0 heterocycles. The quantitative estimate of drug-likeness (QED) is 0.801. The van der Waals surface area contributed by atoms with Gasteiger partial charge in [-0.25, -0.2) is 0 Å². The third kappa shape index (κ3) is 4.34. The second-order valence-corrected chi connectivity index (χ2v) is 3.62. The molecule has 16 heavy (non-hydrogen) atoms. The summed E-state index contributed by atoms with van der Waals surface area (Å²) in [5.41, 5.74) is 1.09. The van der Waals surface area contributed by atoms with Crippen LogP contribution in [-0.4, -0.2) is 12.5 Å². The lowest BCUT2D eigenvalue weighted by molar-refractivity contribution is -0.120. The van der Waals surface area contributed by atoms with E-state index in [1.807, 2.05) is 31.2 Å². The highest BCUT2D eigenvalue weighted by Crippen LogP contribution is 2.12. The Morgan fingerprint density at radius 1 is 1.25 bits per heavy atom. The van der Waals surface area contributed by atoms with Crippen LogP contribution in [0.25, 0.3) is 0 Å². The molecule has 0 aliphatic rings. The van der Waals surface area contributed by atoms with Crippen molar-refractivity contribution < 1.29 is 9.53 Å². The van der Waals surface area contributed by atoms with Crippen LogP contribution in [0.4, 0.5) is 0 Å². The summed E-state index contributed by atoms with van der Waals surface area (Å²) in [6.07, 6.45) is 1.53. The lowest BCUT2D eigenvalue weighted by Crippen LogP contribution is -2.21. The summed E-state index contributed by atoms with van der Waals surface area (Å²) in [7, 11) is 0. The second-order valence-electron chi connectivity index (χ2n) is 3.62. The molecule has 3 heteroatoms. The largest absolute Gasteiger partial charge is 0.494 e. The van der Waals surface area contributed by atoms with Gasteiger partial charge in [0.15, 0.2) is 0 Å². The summed E-state index contributed by atoms with van der Waals surface area (Å²) in [5, 5.41) is 2.83. The minimum absolute atomic E-state index is 0.0753. The number of hydrogen-bond donors (Lipinski definition) is 1. The van der Waals surface area contributed by atoms with Gasteiger partial charge in [-0.2, -0.15) is 0 Å². The van der Waals surface area contributed by atoms with Crippen molar-refractivity contribution in [2.75, 3.05) is 6.61 Å². The highest BCUT2D eigenvalue weighted by molar-refractivity contribution is 5.75. The Balaban J connectivity index is 2.41. The molecule has 1 amide bonds. The van der Waals surface area contributed by atoms with Gasteiger partial charge in [-0.1, -0.05) is 26.0 Å². The molecule has 0 fully saturated rings. The van der Waals surface area contributed by atoms with Crippen LogP contribution in [0, 0.1) is 0 Å². The molecular formula is C13H19NO2. The Hall–Kier alpha value is -1.51. The Morgan fingerprint density at radius 2 is 1.94 bits per heavy atom. The second kappa shape index (κ2) is 6.88. The van der Waals surface area contributed by atoms with E-state index in [9.17, 15) is 4.79 Å². The fourth-order valence-electron chi connectivity index (χ4n) is 1.25. The van der Waals surface area contributed by atoms with Gasteiger partial charge in [-0.05, 0) is 24.1 Å². The van der Waals surface area contributed by atoms with E-state index in [1.165, 1.54) is 0 Å². The molecule has 3 nitrogen and oxygen atoms in total. The lowest BCUT2D eigenvalue weighted by atomic mass is 10.2. The normalized spacial score (nSPS) is 9.88. The van der Waals surface area contributed by atoms with E-state index in [4.69, 9.17) is 4.74 Å². The molecular weight excluding hydrogens is 202 g/mol. The van der Waals surface area contributed by atoms with Crippen molar-refractivity contribution in [3.05, 3.63) is 29.8 Å². The smallest absolute Gasteiger partial charge is 0.219 e. The van der Waals surface area contributed by atoms with Gasteiger partial charge in [0.2, 0.25) is 5.91 Å². The predicted molar refractivity (Wildman–Crippen MR) is 64.4 cm³/mol. The minimum atomic E-state index is 0.0753. The molecule has 1 aromatic carbocycles. The van der Waals surface area contributed by atoms with E-state index in [1.54, 1.807) is 0 Å². The number of benzene rings is 1. The summed E-state index contributed by atoms with van der Waals surface area (Å²) in [5.74, 6) is 0.957. The number of rotatable bonds is 6. The van der Waals surface area contributed by atoms with Crippen molar-refractivity contribution in [2.45, 2.75) is 33.2 Å². The number of amides is 1. The molecule has 0 atom stereocenters. The maximum atomic E-state index is 11.1. The van der Waals surface area contributed by atoms with Crippen molar-refractivity contribution in [2.24, 2.45) is 0 Å². The molecule has 88 valence electrons. The molecule has 0 bridgehead atoms. The number of carbonyl (C=O) groups excluding carboxylic acids is 1. The molecule has 0 aliphatic heterocycles. The Morgan fingerprint density at radius 3 is 2.50 bits per heavy atom. The van der Waals surface area contributed by atoms with E-state index < -0.39 is 0 Å². The zero-order chi connectivity index (χ0) is 11.8. The molecule has 0 saturated carbocycles. The van der Waals surface area contributed by atoms with Gasteiger partial charge in [0.25, 0.3) is 0 Å². The number of carbonyl (C=O) groups is 1. The molecule has 0 aromatic heterocycles. The highest BCUT2D eigenvalue weighted by atomic mass is 16.5. The Bertz CT molecular complexity index is 319. The van der Waals surface area contributed by atoms with E-state index in [2.05, 4.69) is 12.2 Å². The van der Waals surface area contributed by atoms with Crippen molar-refractivity contribution in [1.82, 2.24) is 5.32 Å². The number of ether oxygens (including phenoxy) is 1. The van der Waals surface area contributed by atoms with Crippen LogP contribution < -0.4 is 10.1 Å². The average molecular weight is 221 g/mol. The van der Waals surface area contributed by atoms with Crippen LogP contribution in [0.2, 0.25) is 0 Å². The average Bonchev–Trinajstić information content (AvgIpc) is 2.34. The highest BCUT2D eigenvalue weighted by Gasteiger charge is 1.98. The maximum Gasteiger partial charge on any atom is 0.219 e. The minimum Gasteiger partial charge on any atom is -0.494 e. The van der Waals surface area contributed by atoms with Crippen molar-refractivity contribution in [3.8, 4) is 5.75 Å². The molecule has 0 spiro atoms. The van der Waals surface area contributed by atoms with Gasteiger partial charge in [0.05, 0.1) is 6.61 Å². The van der Waals surface area contributed by atoms with E-state index in [-0.39, 0.29) is 5.91 Å². The summed E-state index contributed by atoms with van der Waals surface area (Å²) in [4.78, 5) is 11.1. The molecule has 1 aromatic rings. The van der Waals surface area contributed by atoms with Crippen LogP contribution in [0.5, 0.6) is 5.75 Å². The topological polar surface area (TPSA) is 38.3 Å². The van der Waals surface area contributed by atoms with E-state index >= 15 is 0 Å². The first-order valence-corrected chi connectivity index (χ1v) is 5.74. The lowest BCUT2D eigenvalue weighted by Gasteiger charge is -2.06. The summed E-state index contributed by atoms with van der Waals surface area (Å²) >= 11 is 0. The zero-order valence-corrected chi connectivity index (χ0v) is 9.95. The molecule has 0 saturated heterocycles. The van der Waals surface area contributed by atoms with Gasteiger partial charge < -0.3 is 10.1 Å². The molecule has 1 rings (SSSR count).